The molecular weight excluding hydrogens is 448 g/mol. The Morgan fingerprint density at radius 2 is 1.63 bits per heavy atom. The smallest absolute Gasteiger partial charge is 0.343 e. The number of nitrogens with one attached hydrogen (secondary N) is 1. The number of ether oxygens (including phenoxy) is 1. The minimum atomic E-state index is -0.609. The SMILES string of the molecule is CCOC(=O)c1cnn(C)c1NC(=O)c1ccc2c(c1)C(=O)N(c1c(CC)cccc1CC)C2=O. The van der Waals surface area contributed by atoms with E-state index in [2.05, 4.69) is 10.4 Å². The maximum absolute atomic E-state index is 13.4. The third-order valence-electron chi connectivity index (χ3n) is 6.00. The zero-order valence-corrected chi connectivity index (χ0v) is 20.0. The predicted molar refractivity (Wildman–Crippen MR) is 130 cm³/mol. The van der Waals surface area contributed by atoms with Crippen LogP contribution in [0, 0.1) is 0 Å². The van der Waals surface area contributed by atoms with Gasteiger partial charge in [0.25, 0.3) is 17.7 Å². The van der Waals surface area contributed by atoms with Crippen molar-refractivity contribution in [3.8, 4) is 0 Å². The molecule has 0 saturated carbocycles. The molecule has 0 bridgehead atoms. The van der Waals surface area contributed by atoms with Gasteiger partial charge in [-0.2, -0.15) is 5.10 Å². The third-order valence-corrected chi connectivity index (χ3v) is 6.00. The molecule has 9 nitrogen and oxygen atoms in total. The molecule has 9 heteroatoms. The van der Waals surface area contributed by atoms with Gasteiger partial charge in [0.05, 0.1) is 29.6 Å². The van der Waals surface area contributed by atoms with Gasteiger partial charge < -0.3 is 10.1 Å². The average molecular weight is 475 g/mol. The molecule has 1 aromatic heterocycles. The fourth-order valence-corrected chi connectivity index (χ4v) is 4.21. The van der Waals surface area contributed by atoms with Crippen molar-refractivity contribution in [1.29, 1.82) is 0 Å². The van der Waals surface area contributed by atoms with E-state index in [0.717, 1.165) is 11.1 Å². The summed E-state index contributed by atoms with van der Waals surface area (Å²) in [5.41, 5.74) is 3.10. The number of rotatable bonds is 7. The summed E-state index contributed by atoms with van der Waals surface area (Å²) < 4.78 is 6.36. The standard InChI is InChI=1S/C26H26N4O5/c1-5-15-9-8-10-16(6-2)21(15)30-24(32)18-12-11-17(13-19(18)25(30)33)23(31)28-22-20(14-27-29(22)4)26(34)35-7-3/h8-14H,5-7H2,1-4H3,(H,28,31). The van der Waals surface area contributed by atoms with Gasteiger partial charge >= 0.3 is 5.97 Å². The van der Waals surface area contributed by atoms with Crippen molar-refractivity contribution >= 4 is 35.2 Å². The summed E-state index contributed by atoms with van der Waals surface area (Å²) in [6, 6.07) is 10.1. The fraction of sp³-hybridized carbons (Fsp3) is 0.269. The van der Waals surface area contributed by atoms with Gasteiger partial charge in [-0.3, -0.25) is 19.1 Å². The molecule has 0 saturated heterocycles. The molecule has 0 aliphatic carbocycles. The van der Waals surface area contributed by atoms with Gasteiger partial charge in [0.1, 0.15) is 11.4 Å². The van der Waals surface area contributed by atoms with Crippen molar-refractivity contribution in [3.63, 3.8) is 0 Å². The van der Waals surface area contributed by atoms with Crippen LogP contribution in [0.4, 0.5) is 11.5 Å². The first-order valence-electron chi connectivity index (χ1n) is 11.5. The zero-order chi connectivity index (χ0) is 25.3. The molecule has 3 aromatic rings. The fourth-order valence-electron chi connectivity index (χ4n) is 4.21. The summed E-state index contributed by atoms with van der Waals surface area (Å²) in [5.74, 6) is -1.87. The highest BCUT2D eigenvalue weighted by Gasteiger charge is 2.39. The quantitative estimate of drug-likeness (QED) is 0.412. The van der Waals surface area contributed by atoms with Crippen LogP contribution in [0.25, 0.3) is 0 Å². The van der Waals surface area contributed by atoms with E-state index in [0.29, 0.717) is 18.5 Å². The number of hydrogen-bond donors (Lipinski definition) is 1. The Hall–Kier alpha value is -4.27. The number of carbonyl (C=O) groups is 4. The number of benzene rings is 2. The number of fused-ring (bicyclic) bond motifs is 1. The lowest BCUT2D eigenvalue weighted by atomic mass is 10.0. The molecule has 0 unspecified atom stereocenters. The Bertz CT molecular complexity index is 1340. The molecule has 1 aliphatic rings. The van der Waals surface area contributed by atoms with Crippen LogP contribution >= 0.6 is 0 Å². The topological polar surface area (TPSA) is 111 Å². The number of aryl methyl sites for hydroxylation is 3. The number of nitrogens with zero attached hydrogens (tertiary/aromatic N) is 3. The molecule has 35 heavy (non-hydrogen) atoms. The van der Waals surface area contributed by atoms with Crippen molar-refractivity contribution in [3.05, 3.63) is 76.0 Å². The van der Waals surface area contributed by atoms with E-state index in [9.17, 15) is 19.2 Å². The van der Waals surface area contributed by atoms with Crippen molar-refractivity contribution < 1.29 is 23.9 Å². The molecule has 0 radical (unpaired) electrons. The van der Waals surface area contributed by atoms with Gasteiger partial charge in [-0.05, 0) is 49.1 Å². The minimum absolute atomic E-state index is 0.115. The predicted octanol–water partition coefficient (Wildman–Crippen LogP) is 3.77. The molecule has 1 aliphatic heterocycles. The summed E-state index contributed by atoms with van der Waals surface area (Å²) in [7, 11) is 1.58. The number of hydrogen-bond acceptors (Lipinski definition) is 6. The molecule has 2 aromatic carbocycles. The number of para-hydroxylation sites is 1. The maximum atomic E-state index is 13.4. The summed E-state index contributed by atoms with van der Waals surface area (Å²) in [6.45, 7) is 5.81. The van der Waals surface area contributed by atoms with Crippen LogP contribution in [-0.2, 0) is 24.6 Å². The Balaban J connectivity index is 1.67. The van der Waals surface area contributed by atoms with Crippen LogP contribution in [0.3, 0.4) is 0 Å². The van der Waals surface area contributed by atoms with Gasteiger partial charge in [0, 0.05) is 12.6 Å². The maximum Gasteiger partial charge on any atom is 0.343 e. The first-order valence-corrected chi connectivity index (χ1v) is 11.5. The summed E-state index contributed by atoms with van der Waals surface area (Å²) in [4.78, 5) is 53.1. The first-order chi connectivity index (χ1) is 16.8. The van der Waals surface area contributed by atoms with E-state index in [1.54, 1.807) is 14.0 Å². The second-order valence-corrected chi connectivity index (χ2v) is 8.04. The molecule has 2 heterocycles. The van der Waals surface area contributed by atoms with Crippen LogP contribution in [0.5, 0.6) is 0 Å². The van der Waals surface area contributed by atoms with Crippen LogP contribution < -0.4 is 10.2 Å². The number of esters is 1. The Kier molecular flexibility index (Phi) is 6.50. The minimum Gasteiger partial charge on any atom is -0.462 e. The van der Waals surface area contributed by atoms with Crippen molar-refractivity contribution in [2.75, 3.05) is 16.8 Å². The van der Waals surface area contributed by atoms with E-state index in [4.69, 9.17) is 4.74 Å². The van der Waals surface area contributed by atoms with Crippen molar-refractivity contribution in [2.45, 2.75) is 33.6 Å². The van der Waals surface area contributed by atoms with E-state index < -0.39 is 23.7 Å². The van der Waals surface area contributed by atoms with E-state index >= 15 is 0 Å². The highest BCUT2D eigenvalue weighted by atomic mass is 16.5. The highest BCUT2D eigenvalue weighted by molar-refractivity contribution is 6.35. The number of anilines is 2. The summed E-state index contributed by atoms with van der Waals surface area (Å²) in [5, 5.41) is 6.68. The summed E-state index contributed by atoms with van der Waals surface area (Å²) in [6.07, 6.45) is 2.64. The lowest BCUT2D eigenvalue weighted by molar-refractivity contribution is 0.0527. The van der Waals surface area contributed by atoms with E-state index in [1.807, 2.05) is 32.0 Å². The Labute approximate surface area is 202 Å². The average Bonchev–Trinajstić information content (AvgIpc) is 3.34. The van der Waals surface area contributed by atoms with Gasteiger partial charge in [0.2, 0.25) is 0 Å². The number of carbonyl (C=O) groups excluding carboxylic acids is 4. The lowest BCUT2D eigenvalue weighted by Crippen LogP contribution is -2.31. The number of aromatic nitrogens is 2. The molecule has 180 valence electrons. The molecule has 0 atom stereocenters. The van der Waals surface area contributed by atoms with Crippen LogP contribution in [0.1, 0.15) is 73.3 Å². The Morgan fingerprint density at radius 3 is 2.26 bits per heavy atom. The van der Waals surface area contributed by atoms with Crippen LogP contribution in [0.2, 0.25) is 0 Å². The largest absolute Gasteiger partial charge is 0.462 e. The monoisotopic (exact) mass is 474 g/mol. The lowest BCUT2D eigenvalue weighted by Gasteiger charge is -2.21. The first kappa shape index (κ1) is 23.9. The van der Waals surface area contributed by atoms with E-state index in [1.165, 1.54) is 34.0 Å². The molecular formula is C26H26N4O5. The van der Waals surface area contributed by atoms with Gasteiger partial charge in [-0.1, -0.05) is 32.0 Å². The van der Waals surface area contributed by atoms with Crippen LogP contribution in [0.15, 0.2) is 42.6 Å². The normalized spacial score (nSPS) is 12.6. The highest BCUT2D eigenvalue weighted by Crippen LogP contribution is 2.34. The molecule has 0 fully saturated rings. The summed E-state index contributed by atoms with van der Waals surface area (Å²) >= 11 is 0. The van der Waals surface area contributed by atoms with Gasteiger partial charge in [0.15, 0.2) is 0 Å². The zero-order valence-electron chi connectivity index (χ0n) is 20.0. The number of amides is 3. The molecule has 4 rings (SSSR count). The second-order valence-electron chi connectivity index (χ2n) is 8.04. The Morgan fingerprint density at radius 1 is 0.971 bits per heavy atom. The molecule has 1 N–H and O–H groups in total. The van der Waals surface area contributed by atoms with Crippen molar-refractivity contribution in [2.24, 2.45) is 7.05 Å². The van der Waals surface area contributed by atoms with Gasteiger partial charge in [-0.15, -0.1) is 0 Å². The van der Waals surface area contributed by atoms with E-state index in [-0.39, 0.29) is 34.7 Å². The molecule has 0 spiro atoms. The van der Waals surface area contributed by atoms with Crippen molar-refractivity contribution in [1.82, 2.24) is 9.78 Å². The van der Waals surface area contributed by atoms with Crippen LogP contribution in [-0.4, -0.2) is 40.1 Å². The molecule has 3 amide bonds. The third kappa shape index (κ3) is 4.09. The second kappa shape index (κ2) is 9.54. The number of imide groups is 1. The van der Waals surface area contributed by atoms with Gasteiger partial charge in [-0.25, -0.2) is 9.69 Å².